The van der Waals surface area contributed by atoms with E-state index in [1.54, 1.807) is 11.8 Å². The van der Waals surface area contributed by atoms with Gasteiger partial charge in [-0.25, -0.2) is 0 Å². The number of benzene rings is 1. The summed E-state index contributed by atoms with van der Waals surface area (Å²) in [6, 6.07) is 10.9. The summed E-state index contributed by atoms with van der Waals surface area (Å²) in [6.45, 7) is 0. The van der Waals surface area contributed by atoms with Gasteiger partial charge in [-0.1, -0.05) is 0 Å². The fourth-order valence-electron chi connectivity index (χ4n) is 0.504. The van der Waals surface area contributed by atoms with E-state index in [4.69, 9.17) is 0 Å². The molecule has 0 unspecified atom stereocenters. The predicted molar refractivity (Wildman–Crippen MR) is 51.1 cm³/mol. The van der Waals surface area contributed by atoms with Crippen LogP contribution in [0, 0.1) is 6.07 Å². The molecule has 0 spiro atoms. The Morgan fingerprint density at radius 1 is 1.60 bits per heavy atom. The van der Waals surface area contributed by atoms with Crippen molar-refractivity contribution in [2.45, 2.75) is 4.90 Å². The van der Waals surface area contributed by atoms with E-state index in [0.717, 1.165) is 0 Å². The number of thioether (sulfide) groups is 1. The molecule has 0 aliphatic carbocycles. The maximum atomic E-state index is 2.99. The summed E-state index contributed by atoms with van der Waals surface area (Å²) in [5.41, 5.74) is 0. The maximum absolute atomic E-state index is 2.99. The number of hydrogen-bond acceptors (Lipinski definition) is 1. The van der Waals surface area contributed by atoms with Crippen molar-refractivity contribution in [2.75, 3.05) is 6.26 Å². The number of halogens is 1. The van der Waals surface area contributed by atoms with Gasteiger partial charge in [0.15, 0.2) is 0 Å². The Hall–Kier alpha value is 0.923. The van der Waals surface area contributed by atoms with E-state index in [2.05, 4.69) is 38.1 Å². The normalized spacial score (nSPS) is 8.00. The van der Waals surface area contributed by atoms with Gasteiger partial charge in [-0.05, 0) is 6.26 Å². The van der Waals surface area contributed by atoms with E-state index in [-0.39, 0.29) is 0 Å². The standard InChI is InChI=1S/C7H7S.HI.Zn/c1-8-7-5-3-2-4-6-7;;/h2-3,5-6H,1H3;1H;/q-1;;+2/p-1. The van der Waals surface area contributed by atoms with Crippen LogP contribution in [0.2, 0.25) is 0 Å². The van der Waals surface area contributed by atoms with Crippen molar-refractivity contribution in [2.24, 2.45) is 0 Å². The van der Waals surface area contributed by atoms with E-state index in [1.165, 1.54) is 19.7 Å². The van der Waals surface area contributed by atoms with Crippen LogP contribution in [0.5, 0.6) is 0 Å². The van der Waals surface area contributed by atoms with Crippen LogP contribution in [-0.2, 0) is 14.8 Å². The van der Waals surface area contributed by atoms with Crippen LogP contribution in [-0.4, -0.2) is 6.26 Å². The van der Waals surface area contributed by atoms with Gasteiger partial charge < -0.3 is 0 Å². The fraction of sp³-hybridized carbons (Fsp3) is 0.143. The van der Waals surface area contributed by atoms with Crippen molar-refractivity contribution >= 4 is 31.5 Å². The SMILES string of the molecule is CSc1c[c-]ccc1.[Zn+][I]. The van der Waals surface area contributed by atoms with Crippen molar-refractivity contribution in [3.8, 4) is 0 Å². The molecule has 0 N–H and O–H groups in total. The molecule has 50 valence electrons. The summed E-state index contributed by atoms with van der Waals surface area (Å²) in [4.78, 5) is 1.27. The topological polar surface area (TPSA) is 0 Å². The molecular formula is C7H7ISZn. The zero-order valence-corrected chi connectivity index (χ0v) is 11.7. The first-order valence-electron chi connectivity index (χ1n) is 2.70. The molecule has 1 rings (SSSR count). The summed E-state index contributed by atoms with van der Waals surface area (Å²) in [5.74, 6) is 0. The van der Waals surface area contributed by atoms with E-state index >= 15 is 0 Å². The Morgan fingerprint density at radius 2 is 2.30 bits per heavy atom. The van der Waals surface area contributed by atoms with Crippen LogP contribution in [0.3, 0.4) is 0 Å². The monoisotopic (exact) mass is 314 g/mol. The van der Waals surface area contributed by atoms with Gasteiger partial charge in [0.05, 0.1) is 0 Å². The first-order valence-corrected chi connectivity index (χ1v) is 13.0. The third-order valence-electron chi connectivity index (χ3n) is 0.914. The van der Waals surface area contributed by atoms with Crippen molar-refractivity contribution < 1.29 is 14.8 Å². The van der Waals surface area contributed by atoms with Crippen LogP contribution in [0.15, 0.2) is 29.2 Å². The average Bonchev–Trinajstić information content (AvgIpc) is 2.10. The molecule has 10 heavy (non-hydrogen) atoms. The second-order valence-corrected chi connectivity index (χ2v) is 2.32. The predicted octanol–water partition coefficient (Wildman–Crippen LogP) is 3.09. The molecular weight excluding hydrogens is 308 g/mol. The van der Waals surface area contributed by atoms with Gasteiger partial charge in [-0.15, -0.1) is 4.90 Å². The van der Waals surface area contributed by atoms with E-state index in [0.29, 0.717) is 0 Å². The van der Waals surface area contributed by atoms with Crippen LogP contribution in [0.1, 0.15) is 0 Å². The second kappa shape index (κ2) is 8.02. The van der Waals surface area contributed by atoms with Gasteiger partial charge in [0.2, 0.25) is 0 Å². The summed E-state index contributed by atoms with van der Waals surface area (Å²) >= 11 is 5.36. The average molecular weight is 315 g/mol. The van der Waals surface area contributed by atoms with E-state index in [9.17, 15) is 0 Å². The van der Waals surface area contributed by atoms with E-state index < -0.39 is 0 Å². The van der Waals surface area contributed by atoms with Crippen LogP contribution in [0.4, 0.5) is 0 Å². The first-order chi connectivity index (χ1) is 4.93. The first kappa shape index (κ1) is 10.9. The molecule has 0 saturated heterocycles. The Kier molecular flexibility index (Phi) is 8.77. The van der Waals surface area contributed by atoms with Gasteiger partial charge in [0.25, 0.3) is 0 Å². The molecule has 0 aliphatic heterocycles. The Balaban J connectivity index is 0.000000371. The molecule has 0 radical (unpaired) electrons. The molecule has 0 saturated carbocycles. The summed E-state index contributed by atoms with van der Waals surface area (Å²) in [5, 5.41) is 0. The van der Waals surface area contributed by atoms with E-state index in [1.807, 2.05) is 18.2 Å². The van der Waals surface area contributed by atoms with Crippen LogP contribution >= 0.6 is 31.5 Å². The Bertz CT molecular complexity index is 155. The number of hydrogen-bond donors (Lipinski definition) is 0. The van der Waals surface area contributed by atoms with Gasteiger partial charge in [-0.2, -0.15) is 42.1 Å². The molecule has 0 heterocycles. The van der Waals surface area contributed by atoms with Crippen LogP contribution < -0.4 is 0 Å². The molecule has 0 amide bonds. The molecule has 0 aromatic heterocycles. The van der Waals surface area contributed by atoms with Gasteiger partial charge in [-0.3, -0.25) is 0 Å². The van der Waals surface area contributed by atoms with Crippen molar-refractivity contribution in [3.05, 3.63) is 30.3 Å². The van der Waals surface area contributed by atoms with Crippen LogP contribution in [0.25, 0.3) is 0 Å². The minimum atomic E-state index is 1.27. The third kappa shape index (κ3) is 4.70. The summed E-state index contributed by atoms with van der Waals surface area (Å²) < 4.78 is 0. The molecule has 1 aromatic carbocycles. The second-order valence-electron chi connectivity index (χ2n) is 1.44. The Morgan fingerprint density at radius 3 is 2.60 bits per heavy atom. The molecule has 0 nitrogen and oxygen atoms in total. The minimum absolute atomic E-state index is 1.27. The number of rotatable bonds is 1. The zero-order valence-electron chi connectivity index (χ0n) is 5.80. The molecule has 0 fully saturated rings. The molecule has 1 aromatic rings. The molecule has 3 heteroatoms. The quantitative estimate of drug-likeness (QED) is 0.332. The van der Waals surface area contributed by atoms with Gasteiger partial charge in [0.1, 0.15) is 0 Å². The van der Waals surface area contributed by atoms with Crippen molar-refractivity contribution in [1.82, 2.24) is 0 Å². The Labute approximate surface area is 87.0 Å². The van der Waals surface area contributed by atoms with Gasteiger partial charge in [0, 0.05) is 0 Å². The van der Waals surface area contributed by atoms with Crippen molar-refractivity contribution in [3.63, 3.8) is 0 Å². The third-order valence-corrected chi connectivity index (χ3v) is 1.64. The van der Waals surface area contributed by atoms with Crippen molar-refractivity contribution in [1.29, 1.82) is 0 Å². The summed E-state index contributed by atoms with van der Waals surface area (Å²) in [7, 11) is 0. The fourth-order valence-corrected chi connectivity index (χ4v) is 0.904. The molecule has 0 aliphatic rings. The summed E-state index contributed by atoms with van der Waals surface area (Å²) in [6.07, 6.45) is 2.06. The van der Waals surface area contributed by atoms with Gasteiger partial charge >= 0.3 is 34.5 Å². The molecule has 0 atom stereocenters. The molecule has 0 bridgehead atoms. The zero-order chi connectivity index (χ0) is 7.82.